The number of hydrogen-bond acceptors (Lipinski definition) is 4. The van der Waals surface area contributed by atoms with Crippen LogP contribution in [0.15, 0.2) is 12.1 Å². The molecule has 2 heterocycles. The summed E-state index contributed by atoms with van der Waals surface area (Å²) in [6.45, 7) is 4.32. The number of nitrogens with zero attached hydrogens (tertiary/aromatic N) is 1. The van der Waals surface area contributed by atoms with Crippen molar-refractivity contribution in [3.63, 3.8) is 0 Å². The van der Waals surface area contributed by atoms with Crippen LogP contribution in [0.5, 0.6) is 5.88 Å². The third-order valence-corrected chi connectivity index (χ3v) is 3.23. The fraction of sp³-hybridized carbons (Fsp3) is 0.643. The summed E-state index contributed by atoms with van der Waals surface area (Å²) < 4.78 is 11.3. The zero-order valence-corrected chi connectivity index (χ0v) is 11.2. The summed E-state index contributed by atoms with van der Waals surface area (Å²) >= 11 is 0. The molecule has 1 unspecified atom stereocenters. The van der Waals surface area contributed by atoms with E-state index in [1.165, 1.54) is 18.4 Å². The molecule has 0 amide bonds. The molecule has 2 rings (SSSR count). The van der Waals surface area contributed by atoms with Gasteiger partial charge >= 0.3 is 0 Å². The van der Waals surface area contributed by atoms with Gasteiger partial charge < -0.3 is 14.8 Å². The first kappa shape index (κ1) is 13.3. The van der Waals surface area contributed by atoms with Gasteiger partial charge in [0.1, 0.15) is 6.61 Å². The maximum absolute atomic E-state index is 5.70. The minimum atomic E-state index is 0.234. The predicted molar refractivity (Wildman–Crippen MR) is 70.8 cm³/mol. The Bertz CT molecular complexity index is 376. The Morgan fingerprint density at radius 1 is 1.44 bits per heavy atom. The maximum Gasteiger partial charge on any atom is 0.213 e. The Hall–Kier alpha value is -1.13. The third kappa shape index (κ3) is 3.68. The van der Waals surface area contributed by atoms with Gasteiger partial charge in [0.2, 0.25) is 5.88 Å². The lowest BCUT2D eigenvalue weighted by atomic mass is 10.1. The van der Waals surface area contributed by atoms with Gasteiger partial charge in [-0.25, -0.2) is 4.98 Å². The van der Waals surface area contributed by atoms with Gasteiger partial charge in [0.15, 0.2) is 0 Å². The average molecular weight is 250 g/mol. The quantitative estimate of drug-likeness (QED) is 0.868. The normalized spacial score (nSPS) is 19.8. The van der Waals surface area contributed by atoms with Crippen molar-refractivity contribution in [3.05, 3.63) is 23.4 Å². The van der Waals surface area contributed by atoms with E-state index < -0.39 is 0 Å². The fourth-order valence-corrected chi connectivity index (χ4v) is 2.14. The van der Waals surface area contributed by atoms with Crippen LogP contribution in [0, 0.1) is 6.92 Å². The SMILES string of the molecule is CNCc1ccc(OCC2CCCCO2)nc1C. The molecular formula is C14H22N2O2. The summed E-state index contributed by atoms with van der Waals surface area (Å²) in [5.74, 6) is 0.696. The molecule has 18 heavy (non-hydrogen) atoms. The molecule has 4 heteroatoms. The molecule has 1 N–H and O–H groups in total. The number of aryl methyl sites for hydroxylation is 1. The van der Waals surface area contributed by atoms with E-state index in [1.807, 2.05) is 20.0 Å². The van der Waals surface area contributed by atoms with Crippen molar-refractivity contribution in [2.24, 2.45) is 0 Å². The van der Waals surface area contributed by atoms with E-state index in [0.29, 0.717) is 12.5 Å². The van der Waals surface area contributed by atoms with E-state index in [-0.39, 0.29) is 6.10 Å². The highest BCUT2D eigenvalue weighted by atomic mass is 16.5. The summed E-state index contributed by atoms with van der Waals surface area (Å²) in [6.07, 6.45) is 3.74. The highest BCUT2D eigenvalue weighted by Gasteiger charge is 2.14. The van der Waals surface area contributed by atoms with Crippen molar-refractivity contribution in [2.75, 3.05) is 20.3 Å². The Morgan fingerprint density at radius 2 is 2.33 bits per heavy atom. The van der Waals surface area contributed by atoms with Crippen molar-refractivity contribution in [1.82, 2.24) is 10.3 Å². The molecular weight excluding hydrogens is 228 g/mol. The molecule has 1 atom stereocenters. The minimum absolute atomic E-state index is 0.234. The van der Waals surface area contributed by atoms with E-state index in [9.17, 15) is 0 Å². The van der Waals surface area contributed by atoms with Crippen LogP contribution < -0.4 is 10.1 Å². The summed E-state index contributed by atoms with van der Waals surface area (Å²) in [4.78, 5) is 4.46. The predicted octanol–water partition coefficient (Wildman–Crippen LogP) is 2.06. The van der Waals surface area contributed by atoms with E-state index in [1.54, 1.807) is 0 Å². The molecule has 4 nitrogen and oxygen atoms in total. The standard InChI is InChI=1S/C14H22N2O2/c1-11-12(9-15-2)6-7-14(16-11)18-10-13-5-3-4-8-17-13/h6-7,13,15H,3-5,8-10H2,1-2H3. The van der Waals surface area contributed by atoms with E-state index in [4.69, 9.17) is 9.47 Å². The lowest BCUT2D eigenvalue weighted by Gasteiger charge is -2.22. The highest BCUT2D eigenvalue weighted by molar-refractivity contribution is 5.24. The average Bonchev–Trinajstić information content (AvgIpc) is 2.41. The monoisotopic (exact) mass is 250 g/mol. The largest absolute Gasteiger partial charge is 0.475 e. The lowest BCUT2D eigenvalue weighted by Crippen LogP contribution is -2.26. The Balaban J connectivity index is 1.87. The number of nitrogens with one attached hydrogen (secondary N) is 1. The van der Waals surface area contributed by atoms with Gasteiger partial charge in [-0.3, -0.25) is 0 Å². The van der Waals surface area contributed by atoms with Gasteiger partial charge in [-0.05, 0) is 38.8 Å². The lowest BCUT2D eigenvalue weighted by molar-refractivity contribution is -0.0119. The first-order valence-corrected chi connectivity index (χ1v) is 6.65. The van der Waals surface area contributed by atoms with E-state index in [2.05, 4.69) is 16.4 Å². The summed E-state index contributed by atoms with van der Waals surface area (Å²) in [6, 6.07) is 4.00. The van der Waals surface area contributed by atoms with Crippen LogP contribution in [0.2, 0.25) is 0 Å². The Labute approximate surface area is 109 Å². The number of pyridine rings is 1. The second-order valence-corrected chi connectivity index (χ2v) is 4.72. The van der Waals surface area contributed by atoms with Crippen molar-refractivity contribution < 1.29 is 9.47 Å². The van der Waals surface area contributed by atoms with Crippen LogP contribution in [0.3, 0.4) is 0 Å². The second-order valence-electron chi connectivity index (χ2n) is 4.72. The van der Waals surface area contributed by atoms with Crippen LogP contribution in [-0.4, -0.2) is 31.3 Å². The smallest absolute Gasteiger partial charge is 0.213 e. The zero-order valence-electron chi connectivity index (χ0n) is 11.2. The highest BCUT2D eigenvalue weighted by Crippen LogP contribution is 2.16. The molecule has 0 bridgehead atoms. The van der Waals surface area contributed by atoms with Gasteiger partial charge in [-0.2, -0.15) is 0 Å². The van der Waals surface area contributed by atoms with Gasteiger partial charge in [0.25, 0.3) is 0 Å². The topological polar surface area (TPSA) is 43.4 Å². The molecule has 0 aliphatic carbocycles. The molecule has 1 aliphatic heterocycles. The number of ether oxygens (including phenoxy) is 2. The first-order chi connectivity index (χ1) is 8.79. The molecule has 1 aromatic heterocycles. The molecule has 0 radical (unpaired) electrons. The van der Waals surface area contributed by atoms with Crippen LogP contribution in [-0.2, 0) is 11.3 Å². The van der Waals surface area contributed by atoms with E-state index in [0.717, 1.165) is 25.3 Å². The van der Waals surface area contributed by atoms with E-state index >= 15 is 0 Å². The van der Waals surface area contributed by atoms with Crippen molar-refractivity contribution in [1.29, 1.82) is 0 Å². The molecule has 1 aromatic rings. The zero-order chi connectivity index (χ0) is 12.8. The molecule has 1 aliphatic rings. The summed E-state index contributed by atoms with van der Waals surface area (Å²) in [5, 5.41) is 3.13. The molecule has 0 aromatic carbocycles. The molecule has 0 spiro atoms. The van der Waals surface area contributed by atoms with Crippen LogP contribution in [0.1, 0.15) is 30.5 Å². The Kier molecular flexibility index (Phi) is 4.96. The van der Waals surface area contributed by atoms with Gasteiger partial charge in [-0.1, -0.05) is 6.07 Å². The Morgan fingerprint density at radius 3 is 3.00 bits per heavy atom. The molecule has 0 saturated carbocycles. The second kappa shape index (κ2) is 6.71. The van der Waals surface area contributed by atoms with Crippen LogP contribution in [0.4, 0.5) is 0 Å². The van der Waals surface area contributed by atoms with Crippen molar-refractivity contribution in [3.8, 4) is 5.88 Å². The van der Waals surface area contributed by atoms with Crippen molar-refractivity contribution in [2.45, 2.75) is 38.8 Å². The van der Waals surface area contributed by atoms with Crippen LogP contribution in [0.25, 0.3) is 0 Å². The minimum Gasteiger partial charge on any atom is -0.475 e. The summed E-state index contributed by atoms with van der Waals surface area (Å²) in [7, 11) is 1.93. The maximum atomic E-state index is 5.70. The molecule has 1 saturated heterocycles. The van der Waals surface area contributed by atoms with Gasteiger partial charge in [0, 0.05) is 24.9 Å². The third-order valence-electron chi connectivity index (χ3n) is 3.23. The van der Waals surface area contributed by atoms with Crippen molar-refractivity contribution >= 4 is 0 Å². The number of aromatic nitrogens is 1. The van der Waals surface area contributed by atoms with Gasteiger partial charge in [0.05, 0.1) is 6.10 Å². The van der Waals surface area contributed by atoms with Crippen LogP contribution >= 0.6 is 0 Å². The number of hydrogen-bond donors (Lipinski definition) is 1. The fourth-order valence-electron chi connectivity index (χ4n) is 2.14. The van der Waals surface area contributed by atoms with Gasteiger partial charge in [-0.15, -0.1) is 0 Å². The molecule has 1 fully saturated rings. The first-order valence-electron chi connectivity index (χ1n) is 6.65. The summed E-state index contributed by atoms with van der Waals surface area (Å²) in [5.41, 5.74) is 2.23. The number of rotatable bonds is 5. The molecule has 100 valence electrons.